The summed E-state index contributed by atoms with van der Waals surface area (Å²) in [4.78, 5) is 11.0. The van der Waals surface area contributed by atoms with Gasteiger partial charge in [-0.15, -0.1) is 0 Å². The monoisotopic (exact) mass is 198 g/mol. The third-order valence-corrected chi connectivity index (χ3v) is 3.00. The minimum absolute atomic E-state index is 0.830. The molecule has 0 fully saturated rings. The molecule has 0 saturated carbocycles. The van der Waals surface area contributed by atoms with Crippen molar-refractivity contribution in [3.8, 4) is 0 Å². The SMILES string of the molecule is Cc1cc2cccc(C)c2c(C)c1C=O. The first-order valence-electron chi connectivity index (χ1n) is 5.10. The molecule has 0 radical (unpaired) electrons. The normalized spacial score (nSPS) is 10.6. The zero-order valence-electron chi connectivity index (χ0n) is 9.29. The Morgan fingerprint density at radius 1 is 1.07 bits per heavy atom. The Balaban J connectivity index is 2.98. The van der Waals surface area contributed by atoms with E-state index in [9.17, 15) is 4.79 Å². The molecule has 0 amide bonds. The number of benzene rings is 2. The van der Waals surface area contributed by atoms with E-state index in [4.69, 9.17) is 0 Å². The van der Waals surface area contributed by atoms with Crippen molar-refractivity contribution in [3.05, 3.63) is 46.5 Å². The minimum atomic E-state index is 0.830. The molecule has 1 heteroatoms. The first-order chi connectivity index (χ1) is 7.15. The van der Waals surface area contributed by atoms with Crippen LogP contribution in [0, 0.1) is 20.8 Å². The third kappa shape index (κ3) is 1.44. The zero-order chi connectivity index (χ0) is 11.0. The van der Waals surface area contributed by atoms with E-state index in [1.807, 2.05) is 13.8 Å². The molecule has 0 aromatic heterocycles. The van der Waals surface area contributed by atoms with Crippen LogP contribution in [0.25, 0.3) is 10.8 Å². The highest BCUT2D eigenvalue weighted by molar-refractivity contribution is 5.96. The third-order valence-electron chi connectivity index (χ3n) is 3.00. The fourth-order valence-electron chi connectivity index (χ4n) is 2.25. The van der Waals surface area contributed by atoms with Crippen molar-refractivity contribution in [2.45, 2.75) is 20.8 Å². The average molecular weight is 198 g/mol. The van der Waals surface area contributed by atoms with Gasteiger partial charge < -0.3 is 0 Å². The Labute approximate surface area is 89.7 Å². The zero-order valence-corrected chi connectivity index (χ0v) is 9.29. The Kier molecular flexibility index (Phi) is 2.31. The predicted molar refractivity (Wildman–Crippen MR) is 63.5 cm³/mol. The van der Waals surface area contributed by atoms with Crippen LogP contribution in [0.3, 0.4) is 0 Å². The number of aldehydes is 1. The van der Waals surface area contributed by atoms with Gasteiger partial charge in [-0.1, -0.05) is 24.3 Å². The van der Waals surface area contributed by atoms with E-state index in [2.05, 4.69) is 31.2 Å². The van der Waals surface area contributed by atoms with Gasteiger partial charge in [-0.3, -0.25) is 4.79 Å². The molecule has 0 aliphatic heterocycles. The molecular formula is C14H14O. The lowest BCUT2D eigenvalue weighted by Gasteiger charge is -2.10. The van der Waals surface area contributed by atoms with E-state index in [1.165, 1.54) is 16.3 Å². The van der Waals surface area contributed by atoms with Crippen LogP contribution in [-0.4, -0.2) is 6.29 Å². The second kappa shape index (κ2) is 3.50. The van der Waals surface area contributed by atoms with Crippen LogP contribution in [0.2, 0.25) is 0 Å². The van der Waals surface area contributed by atoms with Crippen molar-refractivity contribution in [2.75, 3.05) is 0 Å². The summed E-state index contributed by atoms with van der Waals surface area (Å²) in [6.07, 6.45) is 0.955. The summed E-state index contributed by atoms with van der Waals surface area (Å²) in [7, 11) is 0. The molecule has 15 heavy (non-hydrogen) atoms. The van der Waals surface area contributed by atoms with E-state index in [0.717, 1.165) is 23.0 Å². The van der Waals surface area contributed by atoms with Gasteiger partial charge in [0.1, 0.15) is 0 Å². The summed E-state index contributed by atoms with van der Waals surface area (Å²) >= 11 is 0. The molecule has 0 heterocycles. The summed E-state index contributed by atoms with van der Waals surface area (Å²) in [5.74, 6) is 0. The standard InChI is InChI=1S/C14H14O/c1-9-5-4-6-12-7-10(2)13(8-15)11(3)14(9)12/h4-8H,1-3H3. The van der Waals surface area contributed by atoms with Crippen LogP contribution in [0.5, 0.6) is 0 Å². The molecule has 2 rings (SSSR count). The maximum Gasteiger partial charge on any atom is 0.150 e. The van der Waals surface area contributed by atoms with Gasteiger partial charge in [-0.05, 0) is 48.2 Å². The molecule has 0 spiro atoms. The van der Waals surface area contributed by atoms with E-state index in [0.29, 0.717) is 0 Å². The highest BCUT2D eigenvalue weighted by Gasteiger charge is 2.07. The molecule has 2 aromatic rings. The number of carbonyl (C=O) groups is 1. The lowest BCUT2D eigenvalue weighted by atomic mass is 9.94. The van der Waals surface area contributed by atoms with Crippen LogP contribution in [0.4, 0.5) is 0 Å². The lowest BCUT2D eigenvalue weighted by molar-refractivity contribution is 0.112. The molecule has 0 saturated heterocycles. The number of hydrogen-bond acceptors (Lipinski definition) is 1. The van der Waals surface area contributed by atoms with Gasteiger partial charge >= 0.3 is 0 Å². The Bertz CT molecular complexity index is 539. The van der Waals surface area contributed by atoms with E-state index < -0.39 is 0 Å². The topological polar surface area (TPSA) is 17.1 Å². The van der Waals surface area contributed by atoms with Crippen LogP contribution >= 0.6 is 0 Å². The van der Waals surface area contributed by atoms with Crippen molar-refractivity contribution in [1.82, 2.24) is 0 Å². The second-order valence-electron chi connectivity index (χ2n) is 4.02. The maximum absolute atomic E-state index is 11.0. The molecule has 0 atom stereocenters. The highest BCUT2D eigenvalue weighted by Crippen LogP contribution is 2.26. The number of fused-ring (bicyclic) bond motifs is 1. The quantitative estimate of drug-likeness (QED) is 0.640. The molecular weight excluding hydrogens is 184 g/mol. The first-order valence-corrected chi connectivity index (χ1v) is 5.10. The first kappa shape index (κ1) is 9.91. The highest BCUT2D eigenvalue weighted by atomic mass is 16.1. The van der Waals surface area contributed by atoms with E-state index in [-0.39, 0.29) is 0 Å². The van der Waals surface area contributed by atoms with Gasteiger partial charge in [0.05, 0.1) is 0 Å². The summed E-state index contributed by atoms with van der Waals surface area (Å²) in [5.41, 5.74) is 4.21. The fraction of sp³-hybridized carbons (Fsp3) is 0.214. The number of rotatable bonds is 1. The summed E-state index contributed by atoms with van der Waals surface area (Å²) in [6, 6.07) is 8.31. The van der Waals surface area contributed by atoms with Gasteiger partial charge in [0.25, 0.3) is 0 Å². The van der Waals surface area contributed by atoms with Crippen molar-refractivity contribution >= 4 is 17.1 Å². The number of carbonyl (C=O) groups excluding carboxylic acids is 1. The van der Waals surface area contributed by atoms with Crippen LogP contribution in [-0.2, 0) is 0 Å². The summed E-state index contributed by atoms with van der Waals surface area (Å²) in [6.45, 7) is 6.09. The molecule has 76 valence electrons. The van der Waals surface area contributed by atoms with Crippen molar-refractivity contribution in [3.63, 3.8) is 0 Å². The average Bonchev–Trinajstić information content (AvgIpc) is 2.17. The number of aryl methyl sites for hydroxylation is 3. The summed E-state index contributed by atoms with van der Waals surface area (Å²) < 4.78 is 0. The Morgan fingerprint density at radius 2 is 1.80 bits per heavy atom. The van der Waals surface area contributed by atoms with Gasteiger partial charge in [-0.2, -0.15) is 0 Å². The molecule has 2 aromatic carbocycles. The van der Waals surface area contributed by atoms with Crippen LogP contribution in [0.1, 0.15) is 27.0 Å². The smallest absolute Gasteiger partial charge is 0.150 e. The Morgan fingerprint density at radius 3 is 2.47 bits per heavy atom. The molecule has 0 aliphatic carbocycles. The van der Waals surface area contributed by atoms with E-state index in [1.54, 1.807) is 0 Å². The van der Waals surface area contributed by atoms with Gasteiger partial charge in [-0.25, -0.2) is 0 Å². The molecule has 0 N–H and O–H groups in total. The molecule has 0 unspecified atom stereocenters. The van der Waals surface area contributed by atoms with E-state index >= 15 is 0 Å². The van der Waals surface area contributed by atoms with Gasteiger partial charge in [0.15, 0.2) is 6.29 Å². The molecule has 1 nitrogen and oxygen atoms in total. The number of hydrogen-bond donors (Lipinski definition) is 0. The second-order valence-corrected chi connectivity index (χ2v) is 4.02. The minimum Gasteiger partial charge on any atom is -0.298 e. The summed E-state index contributed by atoms with van der Waals surface area (Å²) in [5, 5.41) is 2.43. The van der Waals surface area contributed by atoms with Gasteiger partial charge in [0, 0.05) is 5.56 Å². The van der Waals surface area contributed by atoms with Crippen LogP contribution in [0.15, 0.2) is 24.3 Å². The molecule has 0 aliphatic rings. The fourth-order valence-corrected chi connectivity index (χ4v) is 2.25. The van der Waals surface area contributed by atoms with Gasteiger partial charge in [0.2, 0.25) is 0 Å². The van der Waals surface area contributed by atoms with Crippen molar-refractivity contribution in [1.29, 1.82) is 0 Å². The van der Waals surface area contributed by atoms with Crippen molar-refractivity contribution < 1.29 is 4.79 Å². The largest absolute Gasteiger partial charge is 0.298 e. The predicted octanol–water partition coefficient (Wildman–Crippen LogP) is 3.58. The maximum atomic E-state index is 11.0. The molecule has 0 bridgehead atoms. The Hall–Kier alpha value is -1.63. The van der Waals surface area contributed by atoms with Crippen LogP contribution < -0.4 is 0 Å². The van der Waals surface area contributed by atoms with Crippen molar-refractivity contribution in [2.24, 2.45) is 0 Å². The lowest BCUT2D eigenvalue weighted by Crippen LogP contribution is -1.94.